The van der Waals surface area contributed by atoms with Gasteiger partial charge >= 0.3 is 0 Å². The predicted octanol–water partition coefficient (Wildman–Crippen LogP) is 2.52. The maximum atomic E-state index is 12.5. The van der Waals surface area contributed by atoms with Crippen LogP contribution in [0.4, 0.5) is 5.82 Å². The third-order valence-electron chi connectivity index (χ3n) is 5.06. The molecule has 0 spiro atoms. The van der Waals surface area contributed by atoms with Gasteiger partial charge in [-0.1, -0.05) is 30.3 Å². The summed E-state index contributed by atoms with van der Waals surface area (Å²) in [5, 5.41) is 7.37. The Morgan fingerprint density at radius 1 is 1.16 bits per heavy atom. The largest absolute Gasteiger partial charge is 0.343 e. The lowest BCUT2D eigenvalue weighted by Gasteiger charge is -2.29. The van der Waals surface area contributed by atoms with Crippen molar-refractivity contribution >= 4 is 17.6 Å². The Labute approximate surface area is 146 Å². The number of hydrogen-bond acceptors (Lipinski definition) is 3. The Morgan fingerprint density at radius 2 is 1.92 bits per heavy atom. The molecular weight excluding hydrogens is 316 g/mol. The molecule has 6 heteroatoms. The first-order chi connectivity index (χ1) is 12.2. The van der Waals surface area contributed by atoms with Gasteiger partial charge in [0.2, 0.25) is 11.8 Å². The van der Waals surface area contributed by atoms with Crippen molar-refractivity contribution in [1.82, 2.24) is 14.7 Å². The summed E-state index contributed by atoms with van der Waals surface area (Å²) in [6.45, 7) is 2.09. The molecular formula is C19H22N4O2. The van der Waals surface area contributed by atoms with E-state index in [-0.39, 0.29) is 24.2 Å². The number of carbonyl (C=O) groups is 2. The van der Waals surface area contributed by atoms with Crippen LogP contribution in [0.1, 0.15) is 25.7 Å². The first kappa shape index (κ1) is 15.9. The summed E-state index contributed by atoms with van der Waals surface area (Å²) in [6.07, 6.45) is 5.34. The van der Waals surface area contributed by atoms with Crippen molar-refractivity contribution in [2.24, 2.45) is 5.92 Å². The molecule has 1 fully saturated rings. The highest BCUT2D eigenvalue weighted by Crippen LogP contribution is 2.32. The second-order valence-electron chi connectivity index (χ2n) is 6.79. The lowest BCUT2D eigenvalue weighted by Crippen LogP contribution is -2.41. The van der Waals surface area contributed by atoms with E-state index >= 15 is 0 Å². The summed E-state index contributed by atoms with van der Waals surface area (Å²) in [7, 11) is 0. The summed E-state index contributed by atoms with van der Waals surface area (Å²) >= 11 is 0. The molecule has 2 amide bonds. The minimum atomic E-state index is -0.356. The molecule has 0 radical (unpaired) electrons. The molecule has 1 unspecified atom stereocenters. The number of anilines is 1. The monoisotopic (exact) mass is 338 g/mol. The van der Waals surface area contributed by atoms with E-state index in [2.05, 4.69) is 10.4 Å². The molecule has 2 aliphatic heterocycles. The highest BCUT2D eigenvalue weighted by molar-refractivity contribution is 5.98. The SMILES string of the molecule is O=C1Nc2c(-c3ccccc3)cnn2CC1CC(=O)N1CCCCC1. The number of hydrogen-bond donors (Lipinski definition) is 1. The number of amides is 2. The van der Waals surface area contributed by atoms with Crippen LogP contribution in [0.3, 0.4) is 0 Å². The summed E-state index contributed by atoms with van der Waals surface area (Å²) in [6, 6.07) is 9.88. The molecule has 2 aliphatic rings. The number of benzene rings is 1. The summed E-state index contributed by atoms with van der Waals surface area (Å²) in [4.78, 5) is 26.9. The summed E-state index contributed by atoms with van der Waals surface area (Å²) in [5.41, 5.74) is 1.93. The zero-order valence-electron chi connectivity index (χ0n) is 14.1. The lowest BCUT2D eigenvalue weighted by atomic mass is 10.00. The second kappa shape index (κ2) is 6.70. The van der Waals surface area contributed by atoms with E-state index in [4.69, 9.17) is 0 Å². The Hall–Kier alpha value is -2.63. The molecule has 130 valence electrons. The minimum Gasteiger partial charge on any atom is -0.343 e. The van der Waals surface area contributed by atoms with Crippen molar-refractivity contribution in [2.45, 2.75) is 32.2 Å². The fourth-order valence-corrected chi connectivity index (χ4v) is 3.64. The van der Waals surface area contributed by atoms with Gasteiger partial charge in [-0.05, 0) is 24.8 Å². The first-order valence-corrected chi connectivity index (χ1v) is 8.92. The molecule has 2 aromatic rings. The third-order valence-corrected chi connectivity index (χ3v) is 5.06. The van der Waals surface area contributed by atoms with Crippen LogP contribution in [0, 0.1) is 5.92 Å². The second-order valence-corrected chi connectivity index (χ2v) is 6.79. The highest BCUT2D eigenvalue weighted by Gasteiger charge is 2.32. The molecule has 0 bridgehead atoms. The van der Waals surface area contributed by atoms with Crippen LogP contribution in [0.2, 0.25) is 0 Å². The van der Waals surface area contributed by atoms with Crippen LogP contribution in [0.15, 0.2) is 36.5 Å². The molecule has 4 rings (SSSR count). The average molecular weight is 338 g/mol. The van der Waals surface area contributed by atoms with E-state index in [0.29, 0.717) is 6.54 Å². The molecule has 1 aromatic carbocycles. The zero-order chi connectivity index (χ0) is 17.2. The molecule has 0 saturated carbocycles. The number of nitrogens with one attached hydrogen (secondary N) is 1. The van der Waals surface area contributed by atoms with Crippen LogP contribution in [-0.2, 0) is 16.1 Å². The smallest absolute Gasteiger partial charge is 0.231 e. The number of nitrogens with zero attached hydrogens (tertiary/aromatic N) is 3. The van der Waals surface area contributed by atoms with Gasteiger partial charge in [-0.3, -0.25) is 9.59 Å². The van der Waals surface area contributed by atoms with Crippen molar-refractivity contribution in [1.29, 1.82) is 0 Å². The van der Waals surface area contributed by atoms with Crippen LogP contribution < -0.4 is 5.32 Å². The Morgan fingerprint density at radius 3 is 2.68 bits per heavy atom. The Kier molecular flexibility index (Phi) is 4.26. The quantitative estimate of drug-likeness (QED) is 0.935. The normalized spacial score (nSPS) is 20.1. The molecule has 1 saturated heterocycles. The van der Waals surface area contributed by atoms with Crippen molar-refractivity contribution in [3.63, 3.8) is 0 Å². The predicted molar refractivity (Wildman–Crippen MR) is 94.8 cm³/mol. The summed E-state index contributed by atoms with van der Waals surface area (Å²) in [5.74, 6) is 0.359. The number of fused-ring (bicyclic) bond motifs is 1. The zero-order valence-corrected chi connectivity index (χ0v) is 14.1. The lowest BCUT2D eigenvalue weighted by molar-refractivity contribution is -0.136. The van der Waals surface area contributed by atoms with Gasteiger partial charge in [-0.25, -0.2) is 4.68 Å². The van der Waals surface area contributed by atoms with Crippen molar-refractivity contribution in [2.75, 3.05) is 18.4 Å². The Balaban J connectivity index is 1.49. The molecule has 1 atom stereocenters. The topological polar surface area (TPSA) is 67.2 Å². The maximum Gasteiger partial charge on any atom is 0.231 e. The Bertz CT molecular complexity index is 778. The van der Waals surface area contributed by atoms with Gasteiger partial charge < -0.3 is 10.2 Å². The molecule has 1 N–H and O–H groups in total. The van der Waals surface area contributed by atoms with Crippen molar-refractivity contribution < 1.29 is 9.59 Å². The molecule has 0 aliphatic carbocycles. The number of aromatic nitrogens is 2. The van der Waals surface area contributed by atoms with Gasteiger partial charge in [-0.2, -0.15) is 5.10 Å². The minimum absolute atomic E-state index is 0.0822. The van der Waals surface area contributed by atoms with Crippen molar-refractivity contribution in [3.05, 3.63) is 36.5 Å². The molecule has 6 nitrogen and oxygen atoms in total. The van der Waals surface area contributed by atoms with E-state index in [1.807, 2.05) is 35.2 Å². The number of likely N-dealkylation sites (tertiary alicyclic amines) is 1. The highest BCUT2D eigenvalue weighted by atomic mass is 16.2. The number of piperidine rings is 1. The van der Waals surface area contributed by atoms with Crippen LogP contribution >= 0.6 is 0 Å². The van der Waals surface area contributed by atoms with Gasteiger partial charge in [-0.15, -0.1) is 0 Å². The summed E-state index contributed by atoms with van der Waals surface area (Å²) < 4.78 is 1.80. The van der Waals surface area contributed by atoms with Gasteiger partial charge in [0.05, 0.1) is 18.7 Å². The van der Waals surface area contributed by atoms with Crippen LogP contribution in [-0.4, -0.2) is 39.6 Å². The van der Waals surface area contributed by atoms with Crippen molar-refractivity contribution in [3.8, 4) is 11.1 Å². The van der Waals surface area contributed by atoms with Gasteiger partial charge in [0.25, 0.3) is 0 Å². The third kappa shape index (κ3) is 3.16. The number of carbonyl (C=O) groups excluding carboxylic acids is 2. The molecule has 25 heavy (non-hydrogen) atoms. The number of rotatable bonds is 3. The van der Waals surface area contributed by atoms with E-state index in [1.165, 1.54) is 6.42 Å². The van der Waals surface area contributed by atoms with E-state index < -0.39 is 0 Å². The molecule has 1 aromatic heterocycles. The maximum absolute atomic E-state index is 12.5. The standard InChI is InChI=1S/C19H22N4O2/c24-17(22-9-5-2-6-10-22)11-15-13-23-18(21-19(15)25)16(12-20-23)14-7-3-1-4-8-14/h1,3-4,7-8,12,15H,2,5-6,9-11,13H2,(H,21,25). The van der Waals surface area contributed by atoms with E-state index in [1.54, 1.807) is 10.9 Å². The van der Waals surface area contributed by atoms with E-state index in [0.717, 1.165) is 42.9 Å². The molecule has 3 heterocycles. The van der Waals surface area contributed by atoms with E-state index in [9.17, 15) is 9.59 Å². The van der Waals surface area contributed by atoms with Gasteiger partial charge in [0.1, 0.15) is 5.82 Å². The first-order valence-electron chi connectivity index (χ1n) is 8.92. The van der Waals surface area contributed by atoms with Gasteiger partial charge in [0.15, 0.2) is 0 Å². The van der Waals surface area contributed by atoms with Crippen LogP contribution in [0.25, 0.3) is 11.1 Å². The van der Waals surface area contributed by atoms with Crippen LogP contribution in [0.5, 0.6) is 0 Å². The average Bonchev–Trinajstić information content (AvgIpc) is 3.06. The fourth-order valence-electron chi connectivity index (χ4n) is 3.64. The van der Waals surface area contributed by atoms with Gasteiger partial charge in [0, 0.05) is 25.1 Å². The fraction of sp³-hybridized carbons (Fsp3) is 0.421.